The first kappa shape index (κ1) is 8.10. The normalized spacial score (nSPS) is 15.9. The summed E-state index contributed by atoms with van der Waals surface area (Å²) in [5.74, 6) is 0.751. The van der Waals surface area contributed by atoms with Gasteiger partial charge >= 0.3 is 0 Å². The molecular weight excluding hydrogens is 162 g/mol. The van der Waals surface area contributed by atoms with Gasteiger partial charge in [-0.15, -0.1) is 0 Å². The average Bonchev–Trinajstić information content (AvgIpc) is 2.49. The van der Waals surface area contributed by atoms with E-state index in [4.69, 9.17) is 5.73 Å². The molecule has 0 unspecified atom stereocenters. The standard InChI is InChI=1S/C10H13N3/c1-13-10(11)9(7-12-13)8-5-3-2-4-6-8/h2-3,5,7H,4,6,11H2,1H3. The maximum Gasteiger partial charge on any atom is 0.128 e. The maximum absolute atomic E-state index is 5.87. The molecule has 2 N–H and O–H groups in total. The summed E-state index contributed by atoms with van der Waals surface area (Å²) in [6.07, 6.45) is 10.3. The Morgan fingerprint density at radius 3 is 2.92 bits per heavy atom. The number of allylic oxidation sites excluding steroid dienone is 4. The summed E-state index contributed by atoms with van der Waals surface area (Å²) in [5, 5.41) is 4.12. The van der Waals surface area contributed by atoms with E-state index in [1.165, 1.54) is 5.57 Å². The molecule has 1 aliphatic carbocycles. The molecule has 0 aliphatic heterocycles. The van der Waals surface area contributed by atoms with E-state index in [1.54, 1.807) is 4.68 Å². The van der Waals surface area contributed by atoms with Crippen LogP contribution in [-0.4, -0.2) is 9.78 Å². The molecule has 1 aromatic heterocycles. The third-order valence-electron chi connectivity index (χ3n) is 2.34. The molecule has 0 saturated heterocycles. The fourth-order valence-electron chi connectivity index (χ4n) is 1.52. The van der Waals surface area contributed by atoms with Crippen molar-refractivity contribution in [3.63, 3.8) is 0 Å². The number of hydrogen-bond donors (Lipinski definition) is 1. The van der Waals surface area contributed by atoms with Gasteiger partial charge in [-0.3, -0.25) is 4.68 Å². The van der Waals surface area contributed by atoms with Crippen molar-refractivity contribution in [3.8, 4) is 0 Å². The molecule has 3 nitrogen and oxygen atoms in total. The van der Waals surface area contributed by atoms with E-state index >= 15 is 0 Å². The van der Waals surface area contributed by atoms with Crippen molar-refractivity contribution in [2.24, 2.45) is 7.05 Å². The molecule has 0 bridgehead atoms. The third-order valence-corrected chi connectivity index (χ3v) is 2.34. The van der Waals surface area contributed by atoms with Gasteiger partial charge in [0.1, 0.15) is 5.82 Å². The van der Waals surface area contributed by atoms with Crippen molar-refractivity contribution in [1.29, 1.82) is 0 Å². The predicted molar refractivity (Wildman–Crippen MR) is 54.0 cm³/mol. The van der Waals surface area contributed by atoms with Gasteiger partial charge in [0.25, 0.3) is 0 Å². The van der Waals surface area contributed by atoms with Gasteiger partial charge < -0.3 is 5.73 Å². The third kappa shape index (κ3) is 1.37. The highest BCUT2D eigenvalue weighted by molar-refractivity contribution is 5.74. The molecule has 0 atom stereocenters. The summed E-state index contributed by atoms with van der Waals surface area (Å²) < 4.78 is 1.70. The largest absolute Gasteiger partial charge is 0.383 e. The van der Waals surface area contributed by atoms with Crippen molar-refractivity contribution in [2.45, 2.75) is 12.8 Å². The Morgan fingerprint density at radius 2 is 2.38 bits per heavy atom. The zero-order valence-corrected chi connectivity index (χ0v) is 7.70. The lowest BCUT2D eigenvalue weighted by Crippen LogP contribution is -1.99. The van der Waals surface area contributed by atoms with Crippen LogP contribution in [-0.2, 0) is 7.05 Å². The van der Waals surface area contributed by atoms with E-state index in [0.717, 1.165) is 24.2 Å². The number of hydrogen-bond acceptors (Lipinski definition) is 2. The summed E-state index contributed by atoms with van der Waals surface area (Å²) in [6, 6.07) is 0. The number of nitrogens with zero attached hydrogens (tertiary/aromatic N) is 2. The molecule has 1 aliphatic rings. The number of anilines is 1. The molecule has 1 aromatic rings. The van der Waals surface area contributed by atoms with Crippen LogP contribution < -0.4 is 5.73 Å². The molecule has 0 spiro atoms. The van der Waals surface area contributed by atoms with E-state index in [2.05, 4.69) is 23.3 Å². The lowest BCUT2D eigenvalue weighted by atomic mass is 9.99. The SMILES string of the molecule is Cn1ncc(C2=CC=CCC2)c1N. The highest BCUT2D eigenvalue weighted by Gasteiger charge is 2.09. The number of nitrogens with two attached hydrogens (primary N) is 1. The Kier molecular flexibility index (Phi) is 1.93. The van der Waals surface area contributed by atoms with Gasteiger partial charge in [0.15, 0.2) is 0 Å². The summed E-state index contributed by atoms with van der Waals surface area (Å²) in [5.41, 5.74) is 8.23. The van der Waals surface area contributed by atoms with Gasteiger partial charge in [-0.05, 0) is 18.4 Å². The highest BCUT2D eigenvalue weighted by Crippen LogP contribution is 2.26. The van der Waals surface area contributed by atoms with E-state index in [0.29, 0.717) is 0 Å². The second kappa shape index (κ2) is 3.09. The van der Waals surface area contributed by atoms with Crippen LogP contribution in [0.3, 0.4) is 0 Å². The molecule has 13 heavy (non-hydrogen) atoms. The zero-order valence-electron chi connectivity index (χ0n) is 7.70. The van der Waals surface area contributed by atoms with Gasteiger partial charge in [0.05, 0.1) is 6.20 Å². The van der Waals surface area contributed by atoms with Gasteiger partial charge in [0, 0.05) is 12.6 Å². The predicted octanol–water partition coefficient (Wildman–Crippen LogP) is 1.74. The van der Waals surface area contributed by atoms with Crippen molar-refractivity contribution in [2.75, 3.05) is 5.73 Å². The number of rotatable bonds is 1. The molecule has 0 fully saturated rings. The maximum atomic E-state index is 5.87. The monoisotopic (exact) mass is 175 g/mol. The quantitative estimate of drug-likeness (QED) is 0.706. The molecule has 0 saturated carbocycles. The van der Waals surface area contributed by atoms with Crippen molar-refractivity contribution < 1.29 is 0 Å². The first-order valence-corrected chi connectivity index (χ1v) is 4.42. The zero-order chi connectivity index (χ0) is 9.26. The van der Waals surface area contributed by atoms with E-state index in [-0.39, 0.29) is 0 Å². The van der Waals surface area contributed by atoms with Crippen LogP contribution in [0, 0.1) is 0 Å². The fourth-order valence-corrected chi connectivity index (χ4v) is 1.52. The molecular formula is C10H13N3. The highest BCUT2D eigenvalue weighted by atomic mass is 15.3. The second-order valence-corrected chi connectivity index (χ2v) is 3.23. The van der Waals surface area contributed by atoms with Crippen molar-refractivity contribution in [1.82, 2.24) is 9.78 Å². The van der Waals surface area contributed by atoms with Crippen LogP contribution >= 0.6 is 0 Å². The summed E-state index contributed by atoms with van der Waals surface area (Å²) >= 11 is 0. The minimum atomic E-state index is 0.751. The van der Waals surface area contributed by atoms with Crippen LogP contribution in [0.5, 0.6) is 0 Å². The first-order valence-electron chi connectivity index (χ1n) is 4.42. The number of nitrogen functional groups attached to an aromatic ring is 1. The van der Waals surface area contributed by atoms with Gasteiger partial charge in [-0.25, -0.2) is 0 Å². The molecule has 2 rings (SSSR count). The van der Waals surface area contributed by atoms with Crippen LogP contribution in [0.25, 0.3) is 5.57 Å². The molecule has 0 radical (unpaired) electrons. The van der Waals surface area contributed by atoms with Gasteiger partial charge in [-0.2, -0.15) is 5.10 Å². The van der Waals surface area contributed by atoms with Crippen LogP contribution in [0.1, 0.15) is 18.4 Å². The average molecular weight is 175 g/mol. The molecule has 0 amide bonds. The Hall–Kier alpha value is -1.51. The van der Waals surface area contributed by atoms with Gasteiger partial charge in [0.2, 0.25) is 0 Å². The second-order valence-electron chi connectivity index (χ2n) is 3.23. The van der Waals surface area contributed by atoms with Crippen LogP contribution in [0.4, 0.5) is 5.82 Å². The lowest BCUT2D eigenvalue weighted by Gasteiger charge is -2.07. The summed E-state index contributed by atoms with van der Waals surface area (Å²) in [6.45, 7) is 0. The molecule has 3 heteroatoms. The molecule has 0 aromatic carbocycles. The minimum absolute atomic E-state index is 0.751. The Morgan fingerprint density at radius 1 is 1.54 bits per heavy atom. The number of aryl methyl sites for hydroxylation is 1. The first-order chi connectivity index (χ1) is 6.29. The summed E-state index contributed by atoms with van der Waals surface area (Å²) in [4.78, 5) is 0. The van der Waals surface area contributed by atoms with Crippen molar-refractivity contribution >= 4 is 11.4 Å². The smallest absolute Gasteiger partial charge is 0.128 e. The van der Waals surface area contributed by atoms with E-state index in [1.807, 2.05) is 13.2 Å². The Labute approximate surface area is 77.5 Å². The molecule has 1 heterocycles. The summed E-state index contributed by atoms with van der Waals surface area (Å²) in [7, 11) is 1.86. The minimum Gasteiger partial charge on any atom is -0.383 e. The topological polar surface area (TPSA) is 43.8 Å². The Balaban J connectivity index is 2.40. The molecule has 68 valence electrons. The van der Waals surface area contributed by atoms with Crippen LogP contribution in [0.2, 0.25) is 0 Å². The van der Waals surface area contributed by atoms with Crippen LogP contribution in [0.15, 0.2) is 24.4 Å². The lowest BCUT2D eigenvalue weighted by molar-refractivity contribution is 0.779. The number of aromatic nitrogens is 2. The van der Waals surface area contributed by atoms with E-state index in [9.17, 15) is 0 Å². The van der Waals surface area contributed by atoms with Crippen molar-refractivity contribution in [3.05, 3.63) is 30.0 Å². The van der Waals surface area contributed by atoms with E-state index < -0.39 is 0 Å². The fraction of sp³-hybridized carbons (Fsp3) is 0.300. The Bertz CT molecular complexity index is 372. The van der Waals surface area contributed by atoms with Gasteiger partial charge in [-0.1, -0.05) is 18.2 Å².